The summed E-state index contributed by atoms with van der Waals surface area (Å²) in [6, 6.07) is 158. The lowest BCUT2D eigenvalue weighted by molar-refractivity contribution is 0.291. The third kappa shape index (κ3) is 16.2. The van der Waals surface area contributed by atoms with Crippen molar-refractivity contribution >= 4 is 96.8 Å². The van der Waals surface area contributed by atoms with Crippen LogP contribution in [0.4, 0.5) is 68.2 Å². The molecule has 18 aromatic rings. The molecule has 2 aliphatic rings. The first-order valence-electron chi connectivity index (χ1n) is 42.8. The smallest absolute Gasteiger partial charge is 0.458 e. The number of halogens is 1. The summed E-state index contributed by atoms with van der Waals surface area (Å²) in [6.07, 6.45) is 0. The van der Waals surface area contributed by atoms with Gasteiger partial charge in [-0.3, -0.25) is 0 Å². The molecule has 0 spiro atoms. The Labute approximate surface area is 748 Å². The maximum atomic E-state index is 7.00. The largest absolute Gasteiger partial charge is 0.499 e. The van der Waals surface area contributed by atoms with E-state index in [-0.39, 0.29) is 10.8 Å². The number of benzene rings is 18. The molecule has 0 N–H and O–H groups in total. The van der Waals surface area contributed by atoms with Crippen molar-refractivity contribution in [2.75, 3.05) is 33.8 Å². The van der Waals surface area contributed by atoms with Crippen molar-refractivity contribution in [2.24, 2.45) is 0 Å². The van der Waals surface area contributed by atoms with Gasteiger partial charge in [-0.1, -0.05) is 307 Å². The Morgan fingerprint density at radius 3 is 0.817 bits per heavy atom. The molecule has 10 heteroatoms. The zero-order valence-corrected chi connectivity index (χ0v) is 72.7. The molecule has 0 unspecified atom stereocenters. The van der Waals surface area contributed by atoms with Crippen molar-refractivity contribution in [3.63, 3.8) is 0 Å². The number of nitrogens with zero attached hydrogens (tertiary/aromatic N) is 4. The van der Waals surface area contributed by atoms with Crippen LogP contribution in [0.2, 0.25) is 0 Å². The van der Waals surface area contributed by atoms with Crippen molar-refractivity contribution in [1.29, 1.82) is 0 Å². The van der Waals surface area contributed by atoms with E-state index < -0.39 is 7.12 Å². The number of fused-ring (bicyclic) bond motifs is 6. The lowest BCUT2D eigenvalue weighted by Gasteiger charge is -2.30. The number of anilines is 12. The van der Waals surface area contributed by atoms with E-state index in [1.54, 1.807) is 14.2 Å². The summed E-state index contributed by atoms with van der Waals surface area (Å²) >= 11 is 4.03. The van der Waals surface area contributed by atoms with Gasteiger partial charge in [-0.2, -0.15) is 0 Å². The van der Waals surface area contributed by atoms with E-state index in [9.17, 15) is 0 Å². The molecule has 18 aromatic carbocycles. The third-order valence-corrected chi connectivity index (χ3v) is 25.2. The van der Waals surface area contributed by atoms with E-state index in [1.807, 2.05) is 30.3 Å². The fourth-order valence-corrected chi connectivity index (χ4v) is 18.6. The zero-order chi connectivity index (χ0) is 85.7. The molecule has 0 aliphatic heterocycles. The molecule has 0 amide bonds. The standard InChI is InChI=1S/C59H49BN2O3.C57H43BrN2O/c1-59(2)54-39-37-51(41-53(54)52-38-36-50(40-55(52)59)61(46-22-13-7-14-23-46)47-24-15-8-16-25-47)65-57-27-17-26-56(58(57)60(63-3)64-4)62(48-32-28-44(29-33-48)42-18-9-5-10-19-42)49-34-30-45(31-35-49)43-20-11-6-12-21-43;1-57(2)52-37-35-49(39-51(52)50-36-34-48(38-53(50)57)59(44-20-11-5-12-21-44)45-22-13-6-14-23-45)61-55-25-15-24-54(56(55)58)60(46-30-26-42(27-31-46)40-16-7-3-8-17-40)47-32-28-43(29-33-47)41-18-9-4-10-19-41/h5-41H,1-4H3;3-39H,1-2H3. The van der Waals surface area contributed by atoms with Crippen LogP contribution >= 0.6 is 15.9 Å². The molecule has 0 saturated heterocycles. The van der Waals surface area contributed by atoms with Crippen LogP contribution in [0.25, 0.3) is 66.8 Å². The molecule has 610 valence electrons. The van der Waals surface area contributed by atoms with Gasteiger partial charge in [-0.05, 0) is 275 Å². The Balaban J connectivity index is 0.000000165. The van der Waals surface area contributed by atoms with Gasteiger partial charge in [-0.25, -0.2) is 0 Å². The Kier molecular flexibility index (Phi) is 22.9. The normalized spacial score (nSPS) is 12.3. The molecular weight excluding hydrogens is 1600 g/mol. The van der Waals surface area contributed by atoms with Crippen molar-refractivity contribution in [2.45, 2.75) is 38.5 Å². The summed E-state index contributed by atoms with van der Waals surface area (Å²) in [4.78, 5) is 9.19. The highest BCUT2D eigenvalue weighted by Gasteiger charge is 2.39. The fourth-order valence-electron chi connectivity index (χ4n) is 18.0. The van der Waals surface area contributed by atoms with Crippen molar-refractivity contribution in [1.82, 2.24) is 0 Å². The minimum absolute atomic E-state index is 0.203. The SMILES string of the molecule is CC1(C)c2ccc(Oc3cccc(N(c4ccc(-c5ccccc5)cc4)c4ccc(-c5ccccc5)cc4)c3Br)cc2-c2ccc(N(c3ccccc3)c3ccccc3)cc21.COB(OC)c1c(Oc2ccc3c(c2)-c2ccc(N(c4ccccc4)c4ccccc4)cc2C3(C)C)cccc1N(c1ccc(-c2ccccc2)cc1)c1ccc(-c2ccccc2)cc1. The van der Waals surface area contributed by atoms with Crippen molar-refractivity contribution < 1.29 is 18.8 Å². The van der Waals surface area contributed by atoms with Crippen LogP contribution in [0.5, 0.6) is 23.0 Å². The van der Waals surface area contributed by atoms with Crippen molar-refractivity contribution in [3.05, 3.63) is 476 Å². The number of hydrogen-bond acceptors (Lipinski definition) is 8. The molecule has 8 nitrogen and oxygen atoms in total. The molecule has 0 fully saturated rings. The van der Waals surface area contributed by atoms with Crippen LogP contribution in [-0.2, 0) is 20.1 Å². The maximum Gasteiger partial charge on any atom is 0.499 e. The van der Waals surface area contributed by atoms with Gasteiger partial charge in [0.15, 0.2) is 0 Å². The van der Waals surface area contributed by atoms with Gasteiger partial charge >= 0.3 is 7.12 Å². The van der Waals surface area contributed by atoms with Crippen LogP contribution in [0.1, 0.15) is 49.9 Å². The quantitative estimate of drug-likeness (QED) is 0.0587. The van der Waals surface area contributed by atoms with Gasteiger partial charge in [0, 0.05) is 93.1 Å². The second-order valence-corrected chi connectivity index (χ2v) is 33.5. The van der Waals surface area contributed by atoms with Gasteiger partial charge in [0.05, 0.1) is 10.2 Å². The molecule has 0 radical (unpaired) electrons. The summed E-state index contributed by atoms with van der Waals surface area (Å²) in [5.74, 6) is 2.88. The Bertz CT molecular complexity index is 6590. The lowest BCUT2D eigenvalue weighted by Crippen LogP contribution is -2.39. The predicted octanol–water partition coefficient (Wildman–Crippen LogP) is 31.9. The number of hydrogen-bond donors (Lipinski definition) is 0. The summed E-state index contributed by atoms with van der Waals surface area (Å²) in [7, 11) is 2.60. The van der Waals surface area contributed by atoms with Crippen LogP contribution < -0.4 is 34.5 Å². The molecule has 126 heavy (non-hydrogen) atoms. The van der Waals surface area contributed by atoms with Crippen molar-refractivity contribution in [3.8, 4) is 89.8 Å². The molecule has 0 atom stereocenters. The first kappa shape index (κ1) is 80.9. The van der Waals surface area contributed by atoms with Gasteiger partial charge < -0.3 is 38.4 Å². The highest BCUT2D eigenvalue weighted by atomic mass is 79.9. The summed E-state index contributed by atoms with van der Waals surface area (Å²) in [6.45, 7) is 9.28. The minimum Gasteiger partial charge on any atom is -0.458 e. The second-order valence-electron chi connectivity index (χ2n) is 32.7. The fraction of sp³-hybridized carbons (Fsp3) is 0.0690. The van der Waals surface area contributed by atoms with Crippen LogP contribution in [-0.4, -0.2) is 21.3 Å². The summed E-state index contributed by atoms with van der Waals surface area (Å²) in [5.41, 5.74) is 32.1. The van der Waals surface area contributed by atoms with Crippen LogP contribution in [0.15, 0.2) is 453 Å². The topological polar surface area (TPSA) is 49.9 Å². The molecule has 0 bridgehead atoms. The van der Waals surface area contributed by atoms with Crippen LogP contribution in [0, 0.1) is 0 Å². The number of ether oxygens (including phenoxy) is 2. The van der Waals surface area contributed by atoms with E-state index in [0.29, 0.717) is 5.75 Å². The zero-order valence-electron chi connectivity index (χ0n) is 71.1. The van der Waals surface area contributed by atoms with Gasteiger partial charge in [0.2, 0.25) is 0 Å². The molecule has 0 saturated carbocycles. The van der Waals surface area contributed by atoms with Gasteiger partial charge in [0.25, 0.3) is 0 Å². The highest BCUT2D eigenvalue weighted by molar-refractivity contribution is 9.10. The average Bonchev–Trinajstić information content (AvgIpc) is 1.58. The predicted molar refractivity (Wildman–Crippen MR) is 529 cm³/mol. The molecule has 2 aliphatic carbocycles. The van der Waals surface area contributed by atoms with E-state index in [0.717, 1.165) is 123 Å². The van der Waals surface area contributed by atoms with E-state index in [1.165, 1.54) is 61.2 Å². The van der Waals surface area contributed by atoms with Gasteiger partial charge in [0.1, 0.15) is 23.0 Å². The minimum atomic E-state index is -0.736. The highest BCUT2D eigenvalue weighted by Crippen LogP contribution is 2.55. The van der Waals surface area contributed by atoms with Gasteiger partial charge in [-0.15, -0.1) is 0 Å². The monoisotopic (exact) mass is 1690 g/mol. The Hall–Kier alpha value is -14.8. The molecular formula is C116H92BBrN4O4. The average molecular weight is 1700 g/mol. The molecule has 0 heterocycles. The van der Waals surface area contributed by atoms with E-state index >= 15 is 0 Å². The van der Waals surface area contributed by atoms with Crippen LogP contribution in [0.3, 0.4) is 0 Å². The maximum absolute atomic E-state index is 7.00. The number of rotatable bonds is 23. The third-order valence-electron chi connectivity index (χ3n) is 24.4. The second kappa shape index (κ2) is 35.6. The first-order valence-corrected chi connectivity index (χ1v) is 43.6. The molecule has 0 aromatic heterocycles. The molecule has 20 rings (SSSR count). The van der Waals surface area contributed by atoms with E-state index in [4.69, 9.17) is 18.8 Å². The number of para-hydroxylation sites is 4. The Morgan fingerprint density at radius 2 is 0.492 bits per heavy atom. The Morgan fingerprint density at radius 1 is 0.222 bits per heavy atom. The lowest BCUT2D eigenvalue weighted by atomic mass is 9.76. The summed E-state index contributed by atoms with van der Waals surface area (Å²) in [5, 5.41) is 0. The first-order chi connectivity index (χ1) is 61.8. The van der Waals surface area contributed by atoms with E-state index in [2.05, 4.69) is 482 Å². The summed E-state index contributed by atoms with van der Waals surface area (Å²) < 4.78 is 26.9.